The second kappa shape index (κ2) is 11.1. The first kappa shape index (κ1) is 22.3. The van der Waals surface area contributed by atoms with Crippen LogP contribution in [0.5, 0.6) is 11.5 Å². The standard InChI is InChI=1S/C23H30ClNO3/c1-5-25(12-11-24)13-14-27-22-15-18(4)21(16-20(22)17(2)3)28-23(26)19-9-7-6-8-10-19/h6-10,15-17H,5,11-14H2,1-4H3. The molecule has 5 heteroatoms. The SMILES string of the molecule is CCN(CCCl)CCOc1cc(C)c(OC(=O)c2ccccc2)cc1C(C)C. The van der Waals surface area contributed by atoms with Crippen molar-refractivity contribution in [3.63, 3.8) is 0 Å². The molecular formula is C23H30ClNO3. The molecule has 2 rings (SSSR count). The molecule has 4 nitrogen and oxygen atoms in total. The third kappa shape index (κ3) is 6.25. The van der Waals surface area contributed by atoms with E-state index in [0.717, 1.165) is 36.5 Å². The first-order valence-electron chi connectivity index (χ1n) is 9.79. The molecule has 0 saturated carbocycles. The lowest BCUT2D eigenvalue weighted by molar-refractivity contribution is 0.0733. The van der Waals surface area contributed by atoms with Crippen LogP contribution >= 0.6 is 11.6 Å². The van der Waals surface area contributed by atoms with Crippen LogP contribution in [-0.2, 0) is 0 Å². The van der Waals surface area contributed by atoms with Crippen molar-refractivity contribution >= 4 is 17.6 Å². The molecule has 0 aliphatic rings. The van der Waals surface area contributed by atoms with Crippen molar-refractivity contribution in [1.82, 2.24) is 4.90 Å². The van der Waals surface area contributed by atoms with Gasteiger partial charge in [0.2, 0.25) is 0 Å². The highest BCUT2D eigenvalue weighted by molar-refractivity contribution is 6.18. The summed E-state index contributed by atoms with van der Waals surface area (Å²) >= 11 is 5.84. The quantitative estimate of drug-likeness (QED) is 0.307. The maximum Gasteiger partial charge on any atom is 0.343 e. The van der Waals surface area contributed by atoms with Crippen molar-refractivity contribution in [3.8, 4) is 11.5 Å². The van der Waals surface area contributed by atoms with Gasteiger partial charge in [-0.05, 0) is 49.2 Å². The van der Waals surface area contributed by atoms with Crippen LogP contribution in [0.4, 0.5) is 0 Å². The van der Waals surface area contributed by atoms with Crippen LogP contribution in [0.3, 0.4) is 0 Å². The summed E-state index contributed by atoms with van der Waals surface area (Å²) in [5, 5.41) is 0. The molecule has 0 aromatic heterocycles. The Hall–Kier alpha value is -2.04. The summed E-state index contributed by atoms with van der Waals surface area (Å²) in [4.78, 5) is 14.7. The van der Waals surface area contributed by atoms with Crippen LogP contribution in [0.1, 0.15) is 48.2 Å². The van der Waals surface area contributed by atoms with E-state index >= 15 is 0 Å². The zero-order valence-corrected chi connectivity index (χ0v) is 18.0. The van der Waals surface area contributed by atoms with Crippen molar-refractivity contribution in [2.45, 2.75) is 33.6 Å². The summed E-state index contributed by atoms with van der Waals surface area (Å²) in [6, 6.07) is 12.9. The summed E-state index contributed by atoms with van der Waals surface area (Å²) in [7, 11) is 0. The Morgan fingerprint density at radius 2 is 1.82 bits per heavy atom. The van der Waals surface area contributed by atoms with Gasteiger partial charge in [-0.15, -0.1) is 11.6 Å². The third-order valence-corrected chi connectivity index (χ3v) is 4.82. The molecule has 0 atom stereocenters. The van der Waals surface area contributed by atoms with Gasteiger partial charge in [0.15, 0.2) is 0 Å². The zero-order valence-electron chi connectivity index (χ0n) is 17.2. The number of hydrogen-bond acceptors (Lipinski definition) is 4. The number of carbonyl (C=O) groups is 1. The van der Waals surface area contributed by atoms with Gasteiger partial charge in [-0.25, -0.2) is 4.79 Å². The van der Waals surface area contributed by atoms with Crippen molar-refractivity contribution < 1.29 is 14.3 Å². The lowest BCUT2D eigenvalue weighted by atomic mass is 9.99. The molecule has 0 heterocycles. The van der Waals surface area contributed by atoms with Crippen molar-refractivity contribution in [2.75, 3.05) is 32.1 Å². The number of ether oxygens (including phenoxy) is 2. The van der Waals surface area contributed by atoms with E-state index in [2.05, 4.69) is 25.7 Å². The highest BCUT2D eigenvalue weighted by Crippen LogP contribution is 2.33. The first-order chi connectivity index (χ1) is 13.5. The fraction of sp³-hybridized carbons (Fsp3) is 0.435. The Balaban J connectivity index is 2.13. The fourth-order valence-electron chi connectivity index (χ4n) is 2.93. The molecule has 0 unspecified atom stereocenters. The normalized spacial score (nSPS) is 11.1. The maximum absolute atomic E-state index is 12.4. The van der Waals surface area contributed by atoms with Gasteiger partial charge in [0.1, 0.15) is 18.1 Å². The zero-order chi connectivity index (χ0) is 20.5. The minimum Gasteiger partial charge on any atom is -0.492 e. The summed E-state index contributed by atoms with van der Waals surface area (Å²) in [5.74, 6) is 1.92. The Labute approximate surface area is 173 Å². The highest BCUT2D eigenvalue weighted by Gasteiger charge is 2.16. The molecule has 0 N–H and O–H groups in total. The number of nitrogens with zero attached hydrogens (tertiary/aromatic N) is 1. The summed E-state index contributed by atoms with van der Waals surface area (Å²) < 4.78 is 11.7. The van der Waals surface area contributed by atoms with Crippen LogP contribution < -0.4 is 9.47 Å². The summed E-state index contributed by atoms with van der Waals surface area (Å²) in [6.45, 7) is 11.5. The molecule has 0 radical (unpaired) electrons. The number of carbonyl (C=O) groups excluding carboxylic acids is 1. The molecule has 0 spiro atoms. The summed E-state index contributed by atoms with van der Waals surface area (Å²) in [5.41, 5.74) is 2.44. The van der Waals surface area contributed by atoms with Gasteiger partial charge < -0.3 is 9.47 Å². The molecule has 152 valence electrons. The molecule has 0 aliphatic heterocycles. The van der Waals surface area contributed by atoms with E-state index in [1.807, 2.05) is 37.3 Å². The Morgan fingerprint density at radius 1 is 1.11 bits per heavy atom. The molecule has 0 fully saturated rings. The minimum atomic E-state index is -0.355. The summed E-state index contributed by atoms with van der Waals surface area (Å²) in [6.07, 6.45) is 0. The molecule has 0 saturated heterocycles. The largest absolute Gasteiger partial charge is 0.492 e. The molecule has 0 amide bonds. The predicted octanol–water partition coefficient (Wildman–Crippen LogP) is 5.28. The van der Waals surface area contributed by atoms with Crippen LogP contribution in [0.25, 0.3) is 0 Å². The van der Waals surface area contributed by atoms with Crippen LogP contribution in [0.15, 0.2) is 42.5 Å². The van der Waals surface area contributed by atoms with Crippen LogP contribution in [0, 0.1) is 6.92 Å². The number of halogens is 1. The van der Waals surface area contributed by atoms with Crippen molar-refractivity contribution in [2.24, 2.45) is 0 Å². The number of hydrogen-bond donors (Lipinski definition) is 0. The predicted molar refractivity (Wildman–Crippen MR) is 115 cm³/mol. The minimum absolute atomic E-state index is 0.245. The van der Waals surface area contributed by atoms with Gasteiger partial charge >= 0.3 is 5.97 Å². The van der Waals surface area contributed by atoms with E-state index in [-0.39, 0.29) is 11.9 Å². The number of benzene rings is 2. The van der Waals surface area contributed by atoms with E-state index in [0.29, 0.717) is 23.8 Å². The van der Waals surface area contributed by atoms with Gasteiger partial charge in [-0.2, -0.15) is 0 Å². The van der Waals surface area contributed by atoms with Crippen molar-refractivity contribution in [1.29, 1.82) is 0 Å². The number of aryl methyl sites for hydroxylation is 1. The molecule has 2 aromatic rings. The average molecular weight is 404 g/mol. The second-order valence-corrected chi connectivity index (χ2v) is 7.42. The van der Waals surface area contributed by atoms with E-state index in [9.17, 15) is 4.79 Å². The van der Waals surface area contributed by atoms with E-state index in [4.69, 9.17) is 21.1 Å². The monoisotopic (exact) mass is 403 g/mol. The fourth-order valence-corrected chi connectivity index (χ4v) is 3.17. The number of alkyl halides is 1. The van der Waals surface area contributed by atoms with Gasteiger partial charge in [-0.1, -0.05) is 39.0 Å². The maximum atomic E-state index is 12.4. The van der Waals surface area contributed by atoms with Gasteiger partial charge in [0, 0.05) is 24.5 Å². The van der Waals surface area contributed by atoms with E-state index in [1.54, 1.807) is 12.1 Å². The van der Waals surface area contributed by atoms with E-state index < -0.39 is 0 Å². The molecule has 2 aromatic carbocycles. The van der Waals surface area contributed by atoms with Crippen LogP contribution in [0.2, 0.25) is 0 Å². The average Bonchev–Trinajstić information content (AvgIpc) is 2.69. The number of rotatable bonds is 10. The van der Waals surface area contributed by atoms with Gasteiger partial charge in [0.05, 0.1) is 5.56 Å². The molecule has 0 bridgehead atoms. The van der Waals surface area contributed by atoms with Crippen molar-refractivity contribution in [3.05, 3.63) is 59.2 Å². The lowest BCUT2D eigenvalue weighted by Gasteiger charge is -2.21. The lowest BCUT2D eigenvalue weighted by Crippen LogP contribution is -2.30. The van der Waals surface area contributed by atoms with Gasteiger partial charge in [0.25, 0.3) is 0 Å². The van der Waals surface area contributed by atoms with Gasteiger partial charge in [-0.3, -0.25) is 4.90 Å². The molecule has 0 aliphatic carbocycles. The highest BCUT2D eigenvalue weighted by atomic mass is 35.5. The molecule has 28 heavy (non-hydrogen) atoms. The Kier molecular flexibility index (Phi) is 8.81. The van der Waals surface area contributed by atoms with E-state index in [1.165, 1.54) is 0 Å². The van der Waals surface area contributed by atoms with Crippen LogP contribution in [-0.4, -0.2) is 43.0 Å². The topological polar surface area (TPSA) is 38.8 Å². The number of likely N-dealkylation sites (N-methyl/N-ethyl adjacent to an activating group) is 1. The smallest absolute Gasteiger partial charge is 0.343 e. The third-order valence-electron chi connectivity index (χ3n) is 4.65. The number of esters is 1. The Bertz CT molecular complexity index is 762. The molecular weight excluding hydrogens is 374 g/mol. The first-order valence-corrected chi connectivity index (χ1v) is 10.3. The second-order valence-electron chi connectivity index (χ2n) is 7.04. The Morgan fingerprint density at radius 3 is 2.43 bits per heavy atom.